The van der Waals surface area contributed by atoms with Gasteiger partial charge in [0.2, 0.25) is 0 Å². The largest absolute Gasteiger partial charge is 0.373 e. The van der Waals surface area contributed by atoms with Crippen molar-refractivity contribution in [3.63, 3.8) is 0 Å². The molecule has 0 aliphatic heterocycles. The molecule has 0 saturated heterocycles. The molecule has 0 unspecified atom stereocenters. The van der Waals surface area contributed by atoms with Gasteiger partial charge in [-0.15, -0.1) is 0 Å². The van der Waals surface area contributed by atoms with E-state index in [0.717, 1.165) is 17.1 Å². The van der Waals surface area contributed by atoms with Gasteiger partial charge >= 0.3 is 0 Å². The normalized spacial score (nSPS) is 9.89. The maximum Gasteiger partial charge on any atom is 0.257 e. The molecule has 0 radical (unpaired) electrons. The average molecular weight is 241 g/mol. The number of hydrogen-bond donors (Lipinski definition) is 2. The van der Waals surface area contributed by atoms with Crippen LogP contribution in [-0.4, -0.2) is 17.9 Å². The molecule has 18 heavy (non-hydrogen) atoms. The van der Waals surface area contributed by atoms with E-state index < -0.39 is 0 Å². The Morgan fingerprint density at radius 1 is 1.11 bits per heavy atom. The molecular weight excluding hydrogens is 226 g/mol. The molecule has 2 N–H and O–H groups in total. The first kappa shape index (κ1) is 12.1. The Hall–Kier alpha value is -2.36. The standard InChI is InChI=1S/C14H15N3O/c1-10-3-6-12(7-4-10)17-14(18)11-5-8-13(15-2)16-9-11/h3-9H,1-2H3,(H,15,16)(H,17,18). The van der Waals surface area contributed by atoms with E-state index >= 15 is 0 Å². The zero-order chi connectivity index (χ0) is 13.0. The van der Waals surface area contributed by atoms with Crippen LogP contribution < -0.4 is 10.6 Å². The summed E-state index contributed by atoms with van der Waals surface area (Å²) in [5.41, 5.74) is 2.48. The highest BCUT2D eigenvalue weighted by Gasteiger charge is 2.06. The van der Waals surface area contributed by atoms with Crippen LogP contribution in [0.1, 0.15) is 15.9 Å². The van der Waals surface area contributed by atoms with Gasteiger partial charge in [0.05, 0.1) is 5.56 Å². The van der Waals surface area contributed by atoms with Crippen LogP contribution >= 0.6 is 0 Å². The fourth-order valence-electron chi connectivity index (χ4n) is 1.52. The summed E-state index contributed by atoms with van der Waals surface area (Å²) in [7, 11) is 1.79. The van der Waals surface area contributed by atoms with Crippen LogP contribution in [0.4, 0.5) is 11.5 Å². The van der Waals surface area contributed by atoms with E-state index in [1.807, 2.05) is 31.2 Å². The highest BCUT2D eigenvalue weighted by molar-refractivity contribution is 6.04. The Kier molecular flexibility index (Phi) is 3.57. The van der Waals surface area contributed by atoms with Gasteiger partial charge in [0, 0.05) is 18.9 Å². The third-order valence-corrected chi connectivity index (χ3v) is 2.59. The van der Waals surface area contributed by atoms with E-state index in [4.69, 9.17) is 0 Å². The summed E-state index contributed by atoms with van der Waals surface area (Å²) in [5.74, 6) is 0.580. The highest BCUT2D eigenvalue weighted by atomic mass is 16.1. The van der Waals surface area contributed by atoms with Gasteiger partial charge in [0.1, 0.15) is 5.82 Å². The van der Waals surface area contributed by atoms with Crippen molar-refractivity contribution >= 4 is 17.4 Å². The number of benzene rings is 1. The Morgan fingerprint density at radius 3 is 2.39 bits per heavy atom. The first-order valence-corrected chi connectivity index (χ1v) is 5.71. The minimum atomic E-state index is -0.158. The van der Waals surface area contributed by atoms with Gasteiger partial charge in [-0.3, -0.25) is 4.79 Å². The van der Waals surface area contributed by atoms with Crippen molar-refractivity contribution in [1.29, 1.82) is 0 Å². The van der Waals surface area contributed by atoms with Crippen molar-refractivity contribution in [2.45, 2.75) is 6.92 Å². The number of nitrogens with one attached hydrogen (secondary N) is 2. The summed E-state index contributed by atoms with van der Waals surface area (Å²) >= 11 is 0. The van der Waals surface area contributed by atoms with Crippen LogP contribution in [0.2, 0.25) is 0 Å². The van der Waals surface area contributed by atoms with Gasteiger partial charge < -0.3 is 10.6 Å². The molecule has 1 heterocycles. The molecule has 0 bridgehead atoms. The van der Waals surface area contributed by atoms with Gasteiger partial charge in [-0.1, -0.05) is 17.7 Å². The summed E-state index contributed by atoms with van der Waals surface area (Å²) in [4.78, 5) is 16.0. The summed E-state index contributed by atoms with van der Waals surface area (Å²) in [5, 5.41) is 5.73. The number of nitrogens with zero attached hydrogens (tertiary/aromatic N) is 1. The highest BCUT2D eigenvalue weighted by Crippen LogP contribution is 2.11. The molecule has 0 saturated carbocycles. The quantitative estimate of drug-likeness (QED) is 0.868. The Labute approximate surface area is 106 Å². The number of aromatic nitrogens is 1. The molecule has 1 aromatic carbocycles. The van der Waals surface area contributed by atoms with Crippen LogP contribution in [0.15, 0.2) is 42.6 Å². The molecule has 0 aliphatic rings. The zero-order valence-corrected chi connectivity index (χ0v) is 10.4. The number of carbonyl (C=O) groups excluding carboxylic acids is 1. The molecule has 4 heteroatoms. The Bertz CT molecular complexity index is 532. The third-order valence-electron chi connectivity index (χ3n) is 2.59. The smallest absolute Gasteiger partial charge is 0.257 e. The third kappa shape index (κ3) is 2.85. The second-order valence-corrected chi connectivity index (χ2v) is 4.00. The number of carbonyl (C=O) groups is 1. The minimum Gasteiger partial charge on any atom is -0.373 e. The number of amides is 1. The van der Waals surface area contributed by atoms with Crippen molar-refractivity contribution in [3.05, 3.63) is 53.7 Å². The molecule has 0 fully saturated rings. The van der Waals surface area contributed by atoms with Crippen molar-refractivity contribution in [3.8, 4) is 0 Å². The fraction of sp³-hybridized carbons (Fsp3) is 0.143. The number of pyridine rings is 1. The molecule has 1 aromatic heterocycles. The first-order chi connectivity index (χ1) is 8.69. The van der Waals surface area contributed by atoms with E-state index in [2.05, 4.69) is 15.6 Å². The van der Waals surface area contributed by atoms with Gasteiger partial charge in [-0.05, 0) is 31.2 Å². The summed E-state index contributed by atoms with van der Waals surface area (Å²) in [6.07, 6.45) is 1.55. The fourth-order valence-corrected chi connectivity index (χ4v) is 1.52. The van der Waals surface area contributed by atoms with Crippen LogP contribution in [0, 0.1) is 6.92 Å². The molecule has 0 spiro atoms. The molecule has 2 aromatic rings. The lowest BCUT2D eigenvalue weighted by Gasteiger charge is -2.06. The second-order valence-electron chi connectivity index (χ2n) is 4.00. The Morgan fingerprint density at radius 2 is 1.83 bits per heavy atom. The van der Waals surface area contributed by atoms with E-state index in [1.165, 1.54) is 0 Å². The lowest BCUT2D eigenvalue weighted by molar-refractivity contribution is 0.102. The molecular formula is C14H15N3O. The first-order valence-electron chi connectivity index (χ1n) is 5.71. The van der Waals surface area contributed by atoms with Gasteiger partial charge in [0.15, 0.2) is 0 Å². The summed E-state index contributed by atoms with van der Waals surface area (Å²) in [6, 6.07) is 11.2. The van der Waals surface area contributed by atoms with Crippen molar-refractivity contribution in [2.24, 2.45) is 0 Å². The van der Waals surface area contributed by atoms with Gasteiger partial charge in [0.25, 0.3) is 5.91 Å². The van der Waals surface area contributed by atoms with Crippen molar-refractivity contribution in [2.75, 3.05) is 17.7 Å². The number of aryl methyl sites for hydroxylation is 1. The predicted octanol–water partition coefficient (Wildman–Crippen LogP) is 2.68. The number of anilines is 2. The minimum absolute atomic E-state index is 0.158. The topological polar surface area (TPSA) is 54.0 Å². The van der Waals surface area contributed by atoms with Gasteiger partial charge in [-0.2, -0.15) is 0 Å². The van der Waals surface area contributed by atoms with Crippen LogP contribution in [0.3, 0.4) is 0 Å². The van der Waals surface area contributed by atoms with E-state index in [-0.39, 0.29) is 5.91 Å². The molecule has 0 atom stereocenters. The van der Waals surface area contributed by atoms with Crippen molar-refractivity contribution < 1.29 is 4.79 Å². The summed E-state index contributed by atoms with van der Waals surface area (Å²) in [6.45, 7) is 2.01. The van der Waals surface area contributed by atoms with E-state index in [9.17, 15) is 4.79 Å². The molecule has 1 amide bonds. The number of rotatable bonds is 3. The van der Waals surface area contributed by atoms with E-state index in [0.29, 0.717) is 5.56 Å². The summed E-state index contributed by atoms with van der Waals surface area (Å²) < 4.78 is 0. The molecule has 2 rings (SSSR count). The second kappa shape index (κ2) is 5.31. The van der Waals surface area contributed by atoms with Crippen LogP contribution in [0.25, 0.3) is 0 Å². The maximum absolute atomic E-state index is 11.9. The van der Waals surface area contributed by atoms with E-state index in [1.54, 1.807) is 25.4 Å². The zero-order valence-electron chi connectivity index (χ0n) is 10.4. The lowest BCUT2D eigenvalue weighted by atomic mass is 10.2. The Balaban J connectivity index is 2.09. The van der Waals surface area contributed by atoms with Gasteiger partial charge in [-0.25, -0.2) is 4.98 Å². The molecule has 4 nitrogen and oxygen atoms in total. The lowest BCUT2D eigenvalue weighted by Crippen LogP contribution is -2.12. The molecule has 0 aliphatic carbocycles. The van der Waals surface area contributed by atoms with Crippen molar-refractivity contribution in [1.82, 2.24) is 4.98 Å². The van der Waals surface area contributed by atoms with Crippen LogP contribution in [0.5, 0.6) is 0 Å². The monoisotopic (exact) mass is 241 g/mol. The number of hydrogen-bond acceptors (Lipinski definition) is 3. The molecule has 92 valence electrons. The average Bonchev–Trinajstić information content (AvgIpc) is 2.41. The van der Waals surface area contributed by atoms with Crippen LogP contribution in [-0.2, 0) is 0 Å². The predicted molar refractivity (Wildman–Crippen MR) is 72.9 cm³/mol. The SMILES string of the molecule is CNc1ccc(C(=O)Nc2ccc(C)cc2)cn1. The maximum atomic E-state index is 11.9.